The summed E-state index contributed by atoms with van der Waals surface area (Å²) in [4.78, 5) is 4.18. The van der Waals surface area contributed by atoms with Crippen molar-refractivity contribution in [1.29, 1.82) is 0 Å². The SMILES string of the molecule is Cc1nsc(SN(C)C)n1. The summed E-state index contributed by atoms with van der Waals surface area (Å²) in [6.45, 7) is 1.90. The van der Waals surface area contributed by atoms with E-state index in [0.717, 1.165) is 10.2 Å². The Morgan fingerprint density at radius 3 is 2.60 bits per heavy atom. The summed E-state index contributed by atoms with van der Waals surface area (Å²) in [6.07, 6.45) is 0. The van der Waals surface area contributed by atoms with Gasteiger partial charge >= 0.3 is 0 Å². The smallest absolute Gasteiger partial charge is 0.185 e. The van der Waals surface area contributed by atoms with Crippen LogP contribution in [0.3, 0.4) is 0 Å². The monoisotopic (exact) mass is 175 g/mol. The molecule has 0 fully saturated rings. The van der Waals surface area contributed by atoms with Crippen LogP contribution in [0, 0.1) is 6.92 Å². The molecule has 1 aromatic heterocycles. The van der Waals surface area contributed by atoms with Crippen LogP contribution in [-0.2, 0) is 0 Å². The summed E-state index contributed by atoms with van der Waals surface area (Å²) in [7, 11) is 3.98. The second-order valence-electron chi connectivity index (χ2n) is 2.01. The minimum absolute atomic E-state index is 0.856. The van der Waals surface area contributed by atoms with Gasteiger partial charge in [-0.2, -0.15) is 4.37 Å². The van der Waals surface area contributed by atoms with Crippen molar-refractivity contribution in [3.05, 3.63) is 5.82 Å². The normalized spacial score (nSPS) is 10.8. The molecule has 0 atom stereocenters. The van der Waals surface area contributed by atoms with Crippen molar-refractivity contribution in [2.24, 2.45) is 0 Å². The number of nitrogens with zero attached hydrogens (tertiary/aromatic N) is 3. The third-order valence-electron chi connectivity index (χ3n) is 0.770. The van der Waals surface area contributed by atoms with Crippen LogP contribution < -0.4 is 0 Å². The second kappa shape index (κ2) is 3.32. The molecule has 0 saturated heterocycles. The van der Waals surface area contributed by atoms with Crippen LogP contribution in [0.4, 0.5) is 0 Å². The lowest BCUT2D eigenvalue weighted by Gasteiger charge is -2.02. The maximum absolute atomic E-state index is 4.18. The molecule has 0 aliphatic carbocycles. The first-order valence-electron chi connectivity index (χ1n) is 2.84. The van der Waals surface area contributed by atoms with Crippen molar-refractivity contribution in [2.45, 2.75) is 11.3 Å². The van der Waals surface area contributed by atoms with Gasteiger partial charge in [-0.3, -0.25) is 4.31 Å². The highest BCUT2D eigenvalue weighted by molar-refractivity contribution is 7.98. The van der Waals surface area contributed by atoms with Crippen molar-refractivity contribution in [3.63, 3.8) is 0 Å². The van der Waals surface area contributed by atoms with Gasteiger partial charge in [0.25, 0.3) is 0 Å². The predicted molar refractivity (Wildman–Crippen MR) is 44.2 cm³/mol. The van der Waals surface area contributed by atoms with Crippen LogP contribution in [-0.4, -0.2) is 27.8 Å². The maximum Gasteiger partial charge on any atom is 0.185 e. The predicted octanol–water partition coefficient (Wildman–Crippen LogP) is 1.42. The van der Waals surface area contributed by atoms with Crippen LogP contribution >= 0.6 is 23.5 Å². The average molecular weight is 175 g/mol. The van der Waals surface area contributed by atoms with E-state index in [1.54, 1.807) is 11.9 Å². The zero-order valence-corrected chi connectivity index (χ0v) is 7.79. The van der Waals surface area contributed by atoms with Gasteiger partial charge in [-0.15, -0.1) is 0 Å². The van der Waals surface area contributed by atoms with E-state index in [0.29, 0.717) is 0 Å². The zero-order valence-electron chi connectivity index (χ0n) is 6.16. The van der Waals surface area contributed by atoms with Gasteiger partial charge in [0, 0.05) is 0 Å². The summed E-state index contributed by atoms with van der Waals surface area (Å²) in [5.74, 6) is 0.856. The summed E-state index contributed by atoms with van der Waals surface area (Å²) >= 11 is 3.04. The van der Waals surface area contributed by atoms with Crippen molar-refractivity contribution < 1.29 is 0 Å². The molecular weight excluding hydrogens is 166 g/mol. The molecule has 5 heteroatoms. The van der Waals surface area contributed by atoms with E-state index >= 15 is 0 Å². The van der Waals surface area contributed by atoms with Crippen LogP contribution in [0.1, 0.15) is 5.82 Å². The third-order valence-corrected chi connectivity index (χ3v) is 2.43. The van der Waals surface area contributed by atoms with E-state index in [4.69, 9.17) is 0 Å². The molecule has 1 rings (SSSR count). The van der Waals surface area contributed by atoms with Gasteiger partial charge in [0.05, 0.1) is 0 Å². The Bertz CT molecular complexity index is 208. The quantitative estimate of drug-likeness (QED) is 0.636. The van der Waals surface area contributed by atoms with Crippen LogP contribution in [0.15, 0.2) is 4.34 Å². The molecule has 56 valence electrons. The topological polar surface area (TPSA) is 29.0 Å². The first kappa shape index (κ1) is 7.97. The number of hydrogen-bond donors (Lipinski definition) is 0. The second-order valence-corrected chi connectivity index (χ2v) is 4.32. The van der Waals surface area contributed by atoms with Crippen molar-refractivity contribution in [2.75, 3.05) is 14.1 Å². The van der Waals surface area contributed by atoms with Gasteiger partial charge in [-0.1, -0.05) is 0 Å². The fraction of sp³-hybridized carbons (Fsp3) is 0.600. The van der Waals surface area contributed by atoms with Gasteiger partial charge in [0.2, 0.25) is 0 Å². The maximum atomic E-state index is 4.18. The number of rotatable bonds is 2. The molecule has 0 amide bonds. The molecular formula is C5H9N3S2. The Kier molecular flexibility index (Phi) is 2.64. The molecule has 0 spiro atoms. The van der Waals surface area contributed by atoms with Crippen molar-refractivity contribution in [3.8, 4) is 0 Å². The third kappa shape index (κ3) is 2.24. The highest BCUT2D eigenvalue weighted by atomic mass is 32.2. The first-order valence-corrected chi connectivity index (χ1v) is 4.39. The zero-order chi connectivity index (χ0) is 7.56. The number of aryl methyl sites for hydroxylation is 1. The lowest BCUT2D eigenvalue weighted by atomic mass is 10.8. The van der Waals surface area contributed by atoms with Gasteiger partial charge in [-0.25, -0.2) is 4.98 Å². The minimum Gasteiger partial charge on any atom is -0.250 e. The molecule has 0 aliphatic heterocycles. The largest absolute Gasteiger partial charge is 0.250 e. The van der Waals surface area contributed by atoms with Gasteiger partial charge in [0.1, 0.15) is 5.82 Å². The Labute approximate surface area is 68.8 Å². The fourth-order valence-electron chi connectivity index (χ4n) is 0.471. The van der Waals surface area contributed by atoms with Crippen molar-refractivity contribution in [1.82, 2.24) is 13.7 Å². The number of hydrogen-bond acceptors (Lipinski definition) is 5. The molecule has 0 saturated carbocycles. The summed E-state index contributed by atoms with van der Waals surface area (Å²) in [5, 5.41) is 0. The Morgan fingerprint density at radius 1 is 1.50 bits per heavy atom. The standard InChI is InChI=1S/C5H9N3S2/c1-4-6-5(9-7-4)10-8(2)3/h1-3H3. The van der Waals surface area contributed by atoms with E-state index < -0.39 is 0 Å². The molecule has 0 unspecified atom stereocenters. The van der Waals surface area contributed by atoms with E-state index in [1.165, 1.54) is 11.5 Å². The van der Waals surface area contributed by atoms with Crippen molar-refractivity contribution >= 4 is 23.5 Å². The minimum atomic E-state index is 0.856. The van der Waals surface area contributed by atoms with E-state index in [2.05, 4.69) is 9.36 Å². The molecule has 3 nitrogen and oxygen atoms in total. The Morgan fingerprint density at radius 2 is 2.20 bits per heavy atom. The summed E-state index contributed by atoms with van der Waals surface area (Å²) in [6, 6.07) is 0. The lowest BCUT2D eigenvalue weighted by Crippen LogP contribution is -1.97. The van der Waals surface area contributed by atoms with Crippen LogP contribution in [0.2, 0.25) is 0 Å². The highest BCUT2D eigenvalue weighted by Crippen LogP contribution is 2.20. The summed E-state index contributed by atoms with van der Waals surface area (Å²) in [5.41, 5.74) is 0. The molecule has 1 aromatic rings. The van der Waals surface area contributed by atoms with Crippen LogP contribution in [0.25, 0.3) is 0 Å². The average Bonchev–Trinajstić information content (AvgIpc) is 2.13. The van der Waals surface area contributed by atoms with E-state index in [1.807, 2.05) is 25.3 Å². The first-order chi connectivity index (χ1) is 4.68. The van der Waals surface area contributed by atoms with Gasteiger partial charge in [0.15, 0.2) is 4.34 Å². The molecule has 0 aromatic carbocycles. The van der Waals surface area contributed by atoms with E-state index in [-0.39, 0.29) is 0 Å². The summed E-state index contributed by atoms with van der Waals surface area (Å²) < 4.78 is 7.06. The Hall–Kier alpha value is -0.130. The Balaban J connectivity index is 2.58. The molecule has 0 aliphatic rings. The van der Waals surface area contributed by atoms with Crippen LogP contribution in [0.5, 0.6) is 0 Å². The fourth-order valence-corrected chi connectivity index (χ4v) is 2.07. The highest BCUT2D eigenvalue weighted by Gasteiger charge is 2.00. The molecule has 1 heterocycles. The molecule has 0 bridgehead atoms. The molecule has 0 N–H and O–H groups in total. The lowest BCUT2D eigenvalue weighted by molar-refractivity contribution is 0.702. The molecule has 10 heavy (non-hydrogen) atoms. The van der Waals surface area contributed by atoms with Gasteiger partial charge in [-0.05, 0) is 44.5 Å². The number of aromatic nitrogens is 2. The molecule has 0 radical (unpaired) electrons. The van der Waals surface area contributed by atoms with E-state index in [9.17, 15) is 0 Å². The van der Waals surface area contributed by atoms with Gasteiger partial charge < -0.3 is 0 Å².